The Morgan fingerprint density at radius 3 is 2.67 bits per heavy atom. The van der Waals surface area contributed by atoms with Gasteiger partial charge >= 0.3 is 5.97 Å². The molecule has 0 bridgehead atoms. The molecular formula is C14H20ClNO2. The molecule has 1 aromatic rings. The molecule has 4 heteroatoms. The van der Waals surface area contributed by atoms with E-state index in [1.165, 1.54) is 0 Å². The first-order valence-electron chi connectivity index (χ1n) is 6.27. The van der Waals surface area contributed by atoms with Crippen molar-refractivity contribution in [1.29, 1.82) is 0 Å². The number of carboxylic acid groups (broad SMARTS) is 1. The molecule has 100 valence electrons. The van der Waals surface area contributed by atoms with Gasteiger partial charge < -0.3 is 10.0 Å². The lowest BCUT2D eigenvalue weighted by Gasteiger charge is -2.26. The van der Waals surface area contributed by atoms with Crippen LogP contribution in [0.15, 0.2) is 18.2 Å². The van der Waals surface area contributed by atoms with Gasteiger partial charge in [0.1, 0.15) is 0 Å². The highest BCUT2D eigenvalue weighted by atomic mass is 35.5. The standard InChI is InChI=1S/C14H20ClNO2/c1-3-4-8-16(9-7-14(17)18)13-6-5-12(15)10-11(13)2/h5-6,10H,3-4,7-9H2,1-2H3,(H,17,18). The van der Waals surface area contributed by atoms with E-state index in [2.05, 4.69) is 11.8 Å². The van der Waals surface area contributed by atoms with Crippen LogP contribution in [0.3, 0.4) is 0 Å². The molecule has 1 aromatic carbocycles. The smallest absolute Gasteiger partial charge is 0.305 e. The van der Waals surface area contributed by atoms with Crippen molar-refractivity contribution in [3.63, 3.8) is 0 Å². The molecule has 3 nitrogen and oxygen atoms in total. The summed E-state index contributed by atoms with van der Waals surface area (Å²) in [5.41, 5.74) is 2.16. The highest BCUT2D eigenvalue weighted by Crippen LogP contribution is 2.24. The van der Waals surface area contributed by atoms with Gasteiger partial charge in [0.25, 0.3) is 0 Å². The molecule has 0 saturated carbocycles. The summed E-state index contributed by atoms with van der Waals surface area (Å²) in [5, 5.41) is 9.51. The van der Waals surface area contributed by atoms with E-state index in [0.717, 1.165) is 30.6 Å². The van der Waals surface area contributed by atoms with Gasteiger partial charge in [-0.05, 0) is 37.1 Å². The summed E-state index contributed by atoms with van der Waals surface area (Å²) in [5.74, 6) is -0.761. The molecule has 1 rings (SSSR count). The Hall–Kier alpha value is -1.22. The van der Waals surface area contributed by atoms with E-state index in [0.29, 0.717) is 11.6 Å². The van der Waals surface area contributed by atoms with Gasteiger partial charge in [0.15, 0.2) is 0 Å². The maximum absolute atomic E-state index is 10.7. The van der Waals surface area contributed by atoms with Crippen molar-refractivity contribution in [3.05, 3.63) is 28.8 Å². The Bertz CT molecular complexity index is 407. The number of benzene rings is 1. The number of hydrogen-bond acceptors (Lipinski definition) is 2. The minimum Gasteiger partial charge on any atom is -0.481 e. The summed E-state index contributed by atoms with van der Waals surface area (Å²) in [7, 11) is 0. The molecule has 0 aliphatic carbocycles. The topological polar surface area (TPSA) is 40.5 Å². The lowest BCUT2D eigenvalue weighted by atomic mass is 10.1. The molecule has 18 heavy (non-hydrogen) atoms. The molecular weight excluding hydrogens is 250 g/mol. The van der Waals surface area contributed by atoms with Crippen LogP contribution < -0.4 is 4.90 Å². The molecule has 0 saturated heterocycles. The van der Waals surface area contributed by atoms with Crippen molar-refractivity contribution < 1.29 is 9.90 Å². The first-order chi connectivity index (χ1) is 8.54. The SMILES string of the molecule is CCCCN(CCC(=O)O)c1ccc(Cl)cc1C. The van der Waals surface area contributed by atoms with Crippen molar-refractivity contribution in [2.75, 3.05) is 18.0 Å². The molecule has 0 heterocycles. The second kappa shape index (κ2) is 7.27. The van der Waals surface area contributed by atoms with Crippen LogP contribution in [0.25, 0.3) is 0 Å². The van der Waals surface area contributed by atoms with Gasteiger partial charge in [0.2, 0.25) is 0 Å². The van der Waals surface area contributed by atoms with Crippen LogP contribution in [0.2, 0.25) is 5.02 Å². The Balaban J connectivity index is 2.82. The van der Waals surface area contributed by atoms with Crippen LogP contribution in [-0.4, -0.2) is 24.2 Å². The molecule has 0 aliphatic heterocycles. The van der Waals surface area contributed by atoms with E-state index in [1.807, 2.05) is 25.1 Å². The van der Waals surface area contributed by atoms with Crippen LogP contribution in [0, 0.1) is 6.92 Å². The second-order valence-corrected chi connectivity index (χ2v) is 4.85. The number of rotatable bonds is 7. The summed E-state index contributed by atoms with van der Waals surface area (Å²) in [6.07, 6.45) is 2.31. The first kappa shape index (κ1) is 14.8. The third-order valence-corrected chi connectivity index (χ3v) is 3.11. The largest absolute Gasteiger partial charge is 0.481 e. The molecule has 0 fully saturated rings. The average Bonchev–Trinajstić information content (AvgIpc) is 2.30. The Labute approximate surface area is 113 Å². The zero-order valence-electron chi connectivity index (χ0n) is 10.9. The quantitative estimate of drug-likeness (QED) is 0.820. The van der Waals surface area contributed by atoms with Crippen molar-refractivity contribution >= 4 is 23.3 Å². The van der Waals surface area contributed by atoms with Crippen molar-refractivity contribution in [1.82, 2.24) is 0 Å². The third-order valence-electron chi connectivity index (χ3n) is 2.88. The van der Waals surface area contributed by atoms with E-state index < -0.39 is 5.97 Å². The zero-order valence-corrected chi connectivity index (χ0v) is 11.7. The fraction of sp³-hybridized carbons (Fsp3) is 0.500. The molecule has 0 aromatic heterocycles. The van der Waals surface area contributed by atoms with Gasteiger partial charge in [0, 0.05) is 23.8 Å². The van der Waals surface area contributed by atoms with Gasteiger partial charge in [0.05, 0.1) is 6.42 Å². The highest BCUT2D eigenvalue weighted by Gasteiger charge is 2.10. The number of hydrogen-bond donors (Lipinski definition) is 1. The highest BCUT2D eigenvalue weighted by molar-refractivity contribution is 6.30. The summed E-state index contributed by atoms with van der Waals surface area (Å²) in [4.78, 5) is 12.8. The van der Waals surface area contributed by atoms with Crippen molar-refractivity contribution in [2.24, 2.45) is 0 Å². The maximum atomic E-state index is 10.7. The Kier molecular flexibility index (Phi) is 5.99. The number of aryl methyl sites for hydroxylation is 1. The summed E-state index contributed by atoms with van der Waals surface area (Å²) < 4.78 is 0. The fourth-order valence-corrected chi connectivity index (χ4v) is 2.13. The van der Waals surface area contributed by atoms with Crippen LogP contribution in [0.5, 0.6) is 0 Å². The minimum absolute atomic E-state index is 0.159. The Morgan fingerprint density at radius 2 is 2.11 bits per heavy atom. The monoisotopic (exact) mass is 269 g/mol. The van der Waals surface area contributed by atoms with Crippen LogP contribution in [0.4, 0.5) is 5.69 Å². The lowest BCUT2D eigenvalue weighted by molar-refractivity contribution is -0.136. The van der Waals surface area contributed by atoms with Gasteiger partial charge in [-0.1, -0.05) is 24.9 Å². The summed E-state index contributed by atoms with van der Waals surface area (Å²) in [6.45, 7) is 5.55. The number of anilines is 1. The molecule has 0 spiro atoms. The van der Waals surface area contributed by atoms with Crippen LogP contribution in [0.1, 0.15) is 31.7 Å². The second-order valence-electron chi connectivity index (χ2n) is 4.42. The van der Waals surface area contributed by atoms with Crippen molar-refractivity contribution in [2.45, 2.75) is 33.1 Å². The van der Waals surface area contributed by atoms with E-state index >= 15 is 0 Å². The third kappa shape index (κ3) is 4.57. The molecule has 0 radical (unpaired) electrons. The fourth-order valence-electron chi connectivity index (χ4n) is 1.91. The van der Waals surface area contributed by atoms with E-state index in [1.54, 1.807) is 0 Å². The Morgan fingerprint density at radius 1 is 1.39 bits per heavy atom. The number of nitrogens with zero attached hydrogens (tertiary/aromatic N) is 1. The van der Waals surface area contributed by atoms with Gasteiger partial charge in [-0.25, -0.2) is 0 Å². The van der Waals surface area contributed by atoms with E-state index in [-0.39, 0.29) is 6.42 Å². The molecule has 0 amide bonds. The predicted octanol–water partition coefficient (Wildman–Crippen LogP) is 3.73. The molecule has 0 aliphatic rings. The number of carbonyl (C=O) groups is 1. The number of unbranched alkanes of at least 4 members (excludes halogenated alkanes) is 1. The molecule has 1 N–H and O–H groups in total. The predicted molar refractivity (Wildman–Crippen MR) is 75.6 cm³/mol. The lowest BCUT2D eigenvalue weighted by Crippen LogP contribution is -2.27. The van der Waals surface area contributed by atoms with Crippen molar-refractivity contribution in [3.8, 4) is 0 Å². The summed E-state index contributed by atoms with van der Waals surface area (Å²) >= 11 is 5.94. The van der Waals surface area contributed by atoms with E-state index in [9.17, 15) is 4.79 Å². The van der Waals surface area contributed by atoms with Gasteiger partial charge in [-0.2, -0.15) is 0 Å². The average molecular weight is 270 g/mol. The van der Waals surface area contributed by atoms with Crippen LogP contribution in [-0.2, 0) is 4.79 Å². The minimum atomic E-state index is -0.761. The molecule has 0 atom stereocenters. The number of halogens is 1. The van der Waals surface area contributed by atoms with E-state index in [4.69, 9.17) is 16.7 Å². The normalized spacial score (nSPS) is 10.4. The first-order valence-corrected chi connectivity index (χ1v) is 6.65. The number of carboxylic acids is 1. The molecule has 0 unspecified atom stereocenters. The van der Waals surface area contributed by atoms with Crippen LogP contribution >= 0.6 is 11.6 Å². The number of aliphatic carboxylic acids is 1. The van der Waals surface area contributed by atoms with Gasteiger partial charge in [-0.3, -0.25) is 4.79 Å². The maximum Gasteiger partial charge on any atom is 0.305 e. The summed E-state index contributed by atoms with van der Waals surface area (Å²) in [6, 6.07) is 5.73. The van der Waals surface area contributed by atoms with Gasteiger partial charge in [-0.15, -0.1) is 0 Å². The zero-order chi connectivity index (χ0) is 13.5.